The standard InChI is InChI=1S/C26H37N5O4/c1-33-23-6-4-21(5-7-23)24-28-26(35-29-24)31-12-9-22(10-13-31)25(32)27-15-19-8-11-30(16-19)17-20-3-2-14-34-18-20/h4-7,19-20,22H,2-3,8-18H2,1H3,(H,27,32). The first-order valence-electron chi connectivity index (χ1n) is 13.0. The molecule has 35 heavy (non-hydrogen) atoms. The number of likely N-dealkylation sites (tertiary alicyclic amines) is 1. The summed E-state index contributed by atoms with van der Waals surface area (Å²) in [5.41, 5.74) is 0.882. The van der Waals surface area contributed by atoms with Crippen molar-refractivity contribution in [2.45, 2.75) is 32.1 Å². The van der Waals surface area contributed by atoms with Crippen LogP contribution in [0, 0.1) is 17.8 Å². The quantitative estimate of drug-likeness (QED) is 0.613. The highest BCUT2D eigenvalue weighted by atomic mass is 16.5. The summed E-state index contributed by atoms with van der Waals surface area (Å²) in [6, 6.07) is 8.11. The molecule has 0 spiro atoms. The van der Waals surface area contributed by atoms with E-state index in [1.807, 2.05) is 24.3 Å². The van der Waals surface area contributed by atoms with E-state index in [4.69, 9.17) is 14.0 Å². The van der Waals surface area contributed by atoms with Crippen molar-refractivity contribution in [2.75, 3.05) is 64.5 Å². The SMILES string of the molecule is COc1ccc(-c2noc(N3CCC(C(=O)NCC4CCN(CC5CCCOC5)C4)CC3)n2)cc1. The predicted molar refractivity (Wildman–Crippen MR) is 132 cm³/mol. The minimum absolute atomic E-state index is 0.0483. The van der Waals surface area contributed by atoms with Crippen LogP contribution in [0.15, 0.2) is 28.8 Å². The molecule has 9 nitrogen and oxygen atoms in total. The molecule has 0 aliphatic carbocycles. The Bertz CT molecular complexity index is 951. The van der Waals surface area contributed by atoms with Crippen molar-refractivity contribution in [1.29, 1.82) is 0 Å². The molecule has 9 heteroatoms. The number of nitrogens with one attached hydrogen (secondary N) is 1. The van der Waals surface area contributed by atoms with Gasteiger partial charge in [-0.25, -0.2) is 0 Å². The second kappa shape index (κ2) is 11.4. The number of aromatic nitrogens is 2. The van der Waals surface area contributed by atoms with Crippen LogP contribution in [0.25, 0.3) is 11.4 Å². The van der Waals surface area contributed by atoms with Crippen LogP contribution in [0.4, 0.5) is 6.01 Å². The number of nitrogens with zero attached hydrogens (tertiary/aromatic N) is 4. The number of carbonyl (C=O) groups excluding carboxylic acids is 1. The fraction of sp³-hybridized carbons (Fsp3) is 0.654. The van der Waals surface area contributed by atoms with Gasteiger partial charge in [-0.15, -0.1) is 0 Å². The molecule has 3 fully saturated rings. The average Bonchev–Trinajstić information content (AvgIpc) is 3.58. The van der Waals surface area contributed by atoms with E-state index >= 15 is 0 Å². The average molecular weight is 484 g/mol. The first-order chi connectivity index (χ1) is 17.2. The van der Waals surface area contributed by atoms with Crippen LogP contribution in [-0.2, 0) is 9.53 Å². The summed E-state index contributed by atoms with van der Waals surface area (Å²) < 4.78 is 16.3. The Morgan fingerprint density at radius 3 is 2.69 bits per heavy atom. The maximum atomic E-state index is 12.8. The van der Waals surface area contributed by atoms with Crippen LogP contribution in [0.2, 0.25) is 0 Å². The van der Waals surface area contributed by atoms with Gasteiger partial charge in [0.2, 0.25) is 11.7 Å². The van der Waals surface area contributed by atoms with E-state index in [-0.39, 0.29) is 11.8 Å². The van der Waals surface area contributed by atoms with Gasteiger partial charge in [-0.05, 0) is 74.8 Å². The molecule has 0 bridgehead atoms. The van der Waals surface area contributed by atoms with Gasteiger partial charge < -0.3 is 29.1 Å². The molecular weight excluding hydrogens is 446 g/mol. The summed E-state index contributed by atoms with van der Waals surface area (Å²) in [6.45, 7) is 7.45. The number of hydrogen-bond acceptors (Lipinski definition) is 8. The summed E-state index contributed by atoms with van der Waals surface area (Å²) in [6.07, 6.45) is 5.23. The molecule has 3 aliphatic rings. The second-order valence-electron chi connectivity index (χ2n) is 10.1. The second-order valence-corrected chi connectivity index (χ2v) is 10.1. The van der Waals surface area contributed by atoms with Crippen molar-refractivity contribution >= 4 is 11.9 Å². The third kappa shape index (κ3) is 6.13. The van der Waals surface area contributed by atoms with Crippen LogP contribution in [0.3, 0.4) is 0 Å². The molecule has 190 valence electrons. The summed E-state index contributed by atoms with van der Waals surface area (Å²) in [5.74, 6) is 2.81. The fourth-order valence-corrected chi connectivity index (χ4v) is 5.49. The Morgan fingerprint density at radius 1 is 1.11 bits per heavy atom. The van der Waals surface area contributed by atoms with Crippen LogP contribution in [0.1, 0.15) is 32.1 Å². The highest BCUT2D eigenvalue weighted by molar-refractivity contribution is 5.79. The van der Waals surface area contributed by atoms with Crippen molar-refractivity contribution in [3.63, 3.8) is 0 Å². The van der Waals surface area contributed by atoms with Gasteiger partial charge in [0.15, 0.2) is 0 Å². The van der Waals surface area contributed by atoms with Gasteiger partial charge >= 0.3 is 6.01 Å². The molecule has 2 atom stereocenters. The van der Waals surface area contributed by atoms with E-state index in [0.29, 0.717) is 23.7 Å². The molecule has 2 unspecified atom stereocenters. The Hall–Kier alpha value is -2.65. The number of rotatable bonds is 8. The third-order valence-corrected chi connectivity index (χ3v) is 7.61. The third-order valence-electron chi connectivity index (χ3n) is 7.61. The summed E-state index contributed by atoms with van der Waals surface area (Å²) in [5, 5.41) is 7.37. The first-order valence-corrected chi connectivity index (χ1v) is 13.0. The number of carbonyl (C=O) groups is 1. The van der Waals surface area contributed by atoms with Crippen LogP contribution in [-0.4, -0.2) is 80.5 Å². The molecule has 0 radical (unpaired) electrons. The smallest absolute Gasteiger partial charge is 0.324 e. The predicted octanol–water partition coefficient (Wildman–Crippen LogP) is 2.83. The number of ether oxygens (including phenoxy) is 2. The van der Waals surface area contributed by atoms with Crippen molar-refractivity contribution < 1.29 is 18.8 Å². The molecule has 4 heterocycles. The number of methoxy groups -OCH3 is 1. The monoisotopic (exact) mass is 483 g/mol. The molecule has 2 aromatic rings. The fourth-order valence-electron chi connectivity index (χ4n) is 5.49. The molecule has 1 aromatic carbocycles. The lowest BCUT2D eigenvalue weighted by atomic mass is 9.96. The van der Waals surface area contributed by atoms with Gasteiger partial charge in [-0.1, -0.05) is 5.16 Å². The van der Waals surface area contributed by atoms with E-state index < -0.39 is 0 Å². The molecule has 3 saturated heterocycles. The van der Waals surface area contributed by atoms with E-state index in [0.717, 1.165) is 76.6 Å². The number of amides is 1. The topological polar surface area (TPSA) is 93.0 Å². The Morgan fingerprint density at radius 2 is 1.94 bits per heavy atom. The minimum Gasteiger partial charge on any atom is -0.497 e. The highest BCUT2D eigenvalue weighted by Crippen LogP contribution is 2.26. The van der Waals surface area contributed by atoms with E-state index in [1.165, 1.54) is 19.3 Å². The van der Waals surface area contributed by atoms with Crippen molar-refractivity contribution in [3.8, 4) is 17.1 Å². The molecule has 1 N–H and O–H groups in total. The Balaban J connectivity index is 1.03. The van der Waals surface area contributed by atoms with Crippen molar-refractivity contribution in [3.05, 3.63) is 24.3 Å². The highest BCUT2D eigenvalue weighted by Gasteiger charge is 2.30. The van der Waals surface area contributed by atoms with Crippen LogP contribution >= 0.6 is 0 Å². The normalized spacial score (nSPS) is 24.0. The Labute approximate surface area is 207 Å². The van der Waals surface area contributed by atoms with Gasteiger partial charge in [-0.2, -0.15) is 4.98 Å². The summed E-state index contributed by atoms with van der Waals surface area (Å²) in [4.78, 5) is 22.0. The molecular formula is C26H37N5O4. The maximum Gasteiger partial charge on any atom is 0.324 e. The van der Waals surface area contributed by atoms with E-state index in [2.05, 4.69) is 25.3 Å². The summed E-state index contributed by atoms with van der Waals surface area (Å²) >= 11 is 0. The zero-order valence-corrected chi connectivity index (χ0v) is 20.7. The number of piperidine rings is 1. The largest absolute Gasteiger partial charge is 0.497 e. The Kier molecular flexibility index (Phi) is 7.83. The van der Waals surface area contributed by atoms with Crippen molar-refractivity contribution in [1.82, 2.24) is 20.4 Å². The molecule has 1 aromatic heterocycles. The lowest BCUT2D eigenvalue weighted by molar-refractivity contribution is -0.125. The van der Waals surface area contributed by atoms with Gasteiger partial charge in [0.25, 0.3) is 0 Å². The van der Waals surface area contributed by atoms with Crippen LogP contribution < -0.4 is 15.0 Å². The number of anilines is 1. The molecule has 5 rings (SSSR count). The van der Waals surface area contributed by atoms with E-state index in [1.54, 1.807) is 7.11 Å². The zero-order valence-electron chi connectivity index (χ0n) is 20.7. The maximum absolute atomic E-state index is 12.8. The van der Waals surface area contributed by atoms with Gasteiger partial charge in [0.05, 0.1) is 13.7 Å². The van der Waals surface area contributed by atoms with Crippen molar-refractivity contribution in [2.24, 2.45) is 17.8 Å². The van der Waals surface area contributed by atoms with Gasteiger partial charge in [0.1, 0.15) is 5.75 Å². The van der Waals surface area contributed by atoms with E-state index in [9.17, 15) is 4.79 Å². The molecule has 0 saturated carbocycles. The summed E-state index contributed by atoms with van der Waals surface area (Å²) in [7, 11) is 1.64. The number of hydrogen-bond donors (Lipinski definition) is 1. The minimum atomic E-state index is 0.0483. The first kappa shape index (κ1) is 24.1. The zero-order chi connectivity index (χ0) is 24.0. The molecule has 3 aliphatic heterocycles. The van der Waals surface area contributed by atoms with Gasteiger partial charge in [-0.3, -0.25) is 4.79 Å². The van der Waals surface area contributed by atoms with Gasteiger partial charge in [0, 0.05) is 50.8 Å². The lowest BCUT2D eigenvalue weighted by Crippen LogP contribution is -2.42. The number of benzene rings is 1. The molecule has 1 amide bonds. The van der Waals surface area contributed by atoms with Crippen LogP contribution in [0.5, 0.6) is 5.75 Å². The lowest BCUT2D eigenvalue weighted by Gasteiger charge is -2.30.